The zero-order valence-corrected chi connectivity index (χ0v) is 7.66. The molecule has 1 N–H and O–H groups in total. The van der Waals surface area contributed by atoms with E-state index in [1.807, 2.05) is 0 Å². The molecule has 0 aromatic rings. The molecule has 0 unspecified atom stereocenters. The summed E-state index contributed by atoms with van der Waals surface area (Å²) < 4.78 is 4.58. The fourth-order valence-electron chi connectivity index (χ4n) is 1.45. The topological polar surface area (TPSA) is 58.6 Å². The van der Waals surface area contributed by atoms with Crippen LogP contribution in [0, 0.1) is 0 Å². The Balaban J connectivity index is 2.30. The van der Waals surface area contributed by atoms with Gasteiger partial charge in [-0.3, -0.25) is 4.79 Å². The van der Waals surface area contributed by atoms with Crippen molar-refractivity contribution in [3.05, 3.63) is 0 Å². The minimum absolute atomic E-state index is 0.207. The molecule has 0 bridgehead atoms. The van der Waals surface area contributed by atoms with Crippen LogP contribution in [0.4, 0.5) is 4.79 Å². The molecule has 74 valence electrons. The van der Waals surface area contributed by atoms with Crippen LogP contribution >= 0.6 is 0 Å². The molecule has 0 radical (unpaired) electrons. The van der Waals surface area contributed by atoms with Gasteiger partial charge in [0.05, 0.1) is 7.11 Å². The average molecular weight is 186 g/mol. The van der Waals surface area contributed by atoms with E-state index in [0.717, 1.165) is 12.8 Å². The van der Waals surface area contributed by atoms with Crippen LogP contribution in [0.3, 0.4) is 0 Å². The van der Waals surface area contributed by atoms with Gasteiger partial charge >= 0.3 is 6.09 Å². The molecule has 0 spiro atoms. The molecular weight excluding hydrogens is 172 g/mol. The van der Waals surface area contributed by atoms with Crippen molar-refractivity contribution >= 4 is 12.5 Å². The normalized spacial score (nSPS) is 18.1. The highest BCUT2D eigenvalue weighted by molar-refractivity contribution is 5.67. The lowest BCUT2D eigenvalue weighted by Crippen LogP contribution is -2.44. The lowest BCUT2D eigenvalue weighted by molar-refractivity contribution is -0.110. The highest BCUT2D eigenvalue weighted by atomic mass is 16.5. The van der Waals surface area contributed by atoms with Crippen LogP contribution in [0.25, 0.3) is 0 Å². The lowest BCUT2D eigenvalue weighted by atomic mass is 10.1. The zero-order valence-electron chi connectivity index (χ0n) is 7.66. The van der Waals surface area contributed by atoms with Crippen LogP contribution in [-0.2, 0) is 9.53 Å². The Kier molecular flexibility index (Phi) is 3.54. The Morgan fingerprint density at radius 1 is 1.54 bits per heavy atom. The number of ether oxygens (including phenoxy) is 1. The lowest BCUT2D eigenvalue weighted by Gasteiger charge is -2.30. The van der Waals surface area contributed by atoms with Crippen molar-refractivity contribution in [1.82, 2.24) is 10.2 Å². The average Bonchev–Trinajstić information content (AvgIpc) is 2.18. The smallest absolute Gasteiger partial charge is 0.409 e. The summed E-state index contributed by atoms with van der Waals surface area (Å²) >= 11 is 0. The summed E-state index contributed by atoms with van der Waals surface area (Å²) in [6.45, 7) is 1.30. The Morgan fingerprint density at radius 3 is 2.62 bits per heavy atom. The summed E-state index contributed by atoms with van der Waals surface area (Å²) in [5.41, 5.74) is 0. The molecule has 0 atom stereocenters. The van der Waals surface area contributed by atoms with Crippen LogP contribution in [0.5, 0.6) is 0 Å². The van der Waals surface area contributed by atoms with Gasteiger partial charge in [-0.05, 0) is 12.8 Å². The molecule has 5 nitrogen and oxygen atoms in total. The van der Waals surface area contributed by atoms with Gasteiger partial charge in [0.15, 0.2) is 0 Å². The number of rotatable bonds is 2. The number of methoxy groups -OCH3 is 1. The number of likely N-dealkylation sites (tertiary alicyclic amines) is 1. The first-order valence-corrected chi connectivity index (χ1v) is 4.30. The Hall–Kier alpha value is -1.26. The van der Waals surface area contributed by atoms with E-state index in [9.17, 15) is 9.59 Å². The van der Waals surface area contributed by atoms with Gasteiger partial charge < -0.3 is 15.0 Å². The minimum Gasteiger partial charge on any atom is -0.453 e. The molecule has 1 fully saturated rings. The number of amides is 2. The maximum atomic E-state index is 11.0. The van der Waals surface area contributed by atoms with Crippen LogP contribution in [0.1, 0.15) is 12.8 Å². The molecule has 5 heteroatoms. The molecule has 1 rings (SSSR count). The number of carbonyl (C=O) groups excluding carboxylic acids is 2. The van der Waals surface area contributed by atoms with E-state index in [-0.39, 0.29) is 12.1 Å². The monoisotopic (exact) mass is 186 g/mol. The van der Waals surface area contributed by atoms with Gasteiger partial charge in [0, 0.05) is 19.1 Å². The minimum atomic E-state index is -0.287. The molecular formula is C8H14N2O3. The van der Waals surface area contributed by atoms with Crippen LogP contribution in [-0.4, -0.2) is 43.6 Å². The molecule has 0 aromatic carbocycles. The SMILES string of the molecule is COC(=O)N1CCC(NC=O)CC1. The second kappa shape index (κ2) is 4.69. The van der Waals surface area contributed by atoms with Gasteiger partial charge in [-0.15, -0.1) is 0 Å². The number of hydrogen-bond acceptors (Lipinski definition) is 3. The Bertz CT molecular complexity index is 188. The van der Waals surface area contributed by atoms with Gasteiger partial charge in [0.2, 0.25) is 6.41 Å². The van der Waals surface area contributed by atoms with Crippen LogP contribution in [0.15, 0.2) is 0 Å². The Morgan fingerprint density at radius 2 is 2.15 bits per heavy atom. The van der Waals surface area contributed by atoms with Crippen molar-refractivity contribution in [2.45, 2.75) is 18.9 Å². The van der Waals surface area contributed by atoms with Crippen molar-refractivity contribution in [1.29, 1.82) is 0 Å². The molecule has 1 heterocycles. The molecule has 0 saturated carbocycles. The fourth-order valence-corrected chi connectivity index (χ4v) is 1.45. The van der Waals surface area contributed by atoms with Crippen LogP contribution in [0.2, 0.25) is 0 Å². The standard InChI is InChI=1S/C8H14N2O3/c1-13-8(12)10-4-2-7(3-5-10)9-6-11/h6-7H,2-5H2,1H3,(H,9,11). The number of hydrogen-bond donors (Lipinski definition) is 1. The van der Waals surface area contributed by atoms with E-state index in [1.54, 1.807) is 4.90 Å². The predicted molar refractivity (Wildman–Crippen MR) is 46.2 cm³/mol. The molecule has 0 aromatic heterocycles. The summed E-state index contributed by atoms with van der Waals surface area (Å²) in [5.74, 6) is 0. The number of nitrogens with one attached hydrogen (secondary N) is 1. The zero-order chi connectivity index (χ0) is 9.68. The van der Waals surface area contributed by atoms with E-state index in [0.29, 0.717) is 19.5 Å². The van der Waals surface area contributed by atoms with Crippen molar-refractivity contribution in [3.63, 3.8) is 0 Å². The van der Waals surface area contributed by atoms with E-state index >= 15 is 0 Å². The molecule has 1 aliphatic rings. The van der Waals surface area contributed by atoms with Gasteiger partial charge in [-0.25, -0.2) is 4.79 Å². The highest BCUT2D eigenvalue weighted by Gasteiger charge is 2.22. The third-order valence-corrected chi connectivity index (χ3v) is 2.23. The van der Waals surface area contributed by atoms with Gasteiger partial charge in [-0.2, -0.15) is 0 Å². The van der Waals surface area contributed by atoms with Gasteiger partial charge in [0.25, 0.3) is 0 Å². The fraction of sp³-hybridized carbons (Fsp3) is 0.750. The summed E-state index contributed by atoms with van der Waals surface area (Å²) in [5, 5.41) is 2.70. The predicted octanol–water partition coefficient (Wildman–Crippen LogP) is -0.0368. The molecule has 0 aliphatic carbocycles. The molecule has 13 heavy (non-hydrogen) atoms. The van der Waals surface area contributed by atoms with E-state index in [1.165, 1.54) is 7.11 Å². The van der Waals surface area contributed by atoms with Crippen molar-refractivity contribution < 1.29 is 14.3 Å². The quantitative estimate of drug-likeness (QED) is 0.616. The first kappa shape index (κ1) is 9.83. The second-order valence-corrected chi connectivity index (χ2v) is 3.02. The van der Waals surface area contributed by atoms with E-state index < -0.39 is 0 Å². The largest absolute Gasteiger partial charge is 0.453 e. The number of nitrogens with zero attached hydrogens (tertiary/aromatic N) is 1. The van der Waals surface area contributed by atoms with E-state index in [4.69, 9.17) is 0 Å². The molecule has 1 aliphatic heterocycles. The molecule has 2 amide bonds. The second-order valence-electron chi connectivity index (χ2n) is 3.02. The van der Waals surface area contributed by atoms with Gasteiger partial charge in [-0.1, -0.05) is 0 Å². The first-order chi connectivity index (χ1) is 6.27. The van der Waals surface area contributed by atoms with Crippen LogP contribution < -0.4 is 5.32 Å². The highest BCUT2D eigenvalue weighted by Crippen LogP contribution is 2.10. The first-order valence-electron chi connectivity index (χ1n) is 4.30. The third kappa shape index (κ3) is 2.61. The van der Waals surface area contributed by atoms with E-state index in [2.05, 4.69) is 10.1 Å². The third-order valence-electron chi connectivity index (χ3n) is 2.23. The number of carbonyl (C=O) groups is 2. The van der Waals surface area contributed by atoms with Gasteiger partial charge in [0.1, 0.15) is 0 Å². The van der Waals surface area contributed by atoms with Crippen molar-refractivity contribution in [2.24, 2.45) is 0 Å². The van der Waals surface area contributed by atoms with Crippen molar-refractivity contribution in [3.8, 4) is 0 Å². The molecule has 1 saturated heterocycles. The summed E-state index contributed by atoms with van der Waals surface area (Å²) in [6.07, 6.45) is 2.02. The Labute approximate surface area is 77.0 Å². The number of piperidine rings is 1. The maximum Gasteiger partial charge on any atom is 0.409 e. The maximum absolute atomic E-state index is 11.0. The summed E-state index contributed by atoms with van der Waals surface area (Å²) in [6, 6.07) is 0.207. The van der Waals surface area contributed by atoms with Crippen molar-refractivity contribution in [2.75, 3.05) is 20.2 Å². The summed E-state index contributed by atoms with van der Waals surface area (Å²) in [4.78, 5) is 22.8. The summed E-state index contributed by atoms with van der Waals surface area (Å²) in [7, 11) is 1.37.